The Morgan fingerprint density at radius 3 is 2.29 bits per heavy atom. The summed E-state index contributed by atoms with van der Waals surface area (Å²) in [4.78, 5) is 16.5. The summed E-state index contributed by atoms with van der Waals surface area (Å²) in [7, 11) is 2.97. The van der Waals surface area contributed by atoms with Gasteiger partial charge in [0.25, 0.3) is 0 Å². The van der Waals surface area contributed by atoms with Crippen LogP contribution in [0, 0.1) is 11.6 Å². The first-order valence-corrected chi connectivity index (χ1v) is 9.15. The second-order valence-corrected chi connectivity index (χ2v) is 6.76. The van der Waals surface area contributed by atoms with Gasteiger partial charge in [-0.1, -0.05) is 6.07 Å². The van der Waals surface area contributed by atoms with Crippen molar-refractivity contribution in [1.29, 1.82) is 0 Å². The molecular weight excluding hydrogens is 366 g/mol. The predicted molar refractivity (Wildman–Crippen MR) is 101 cm³/mol. The standard InChI is InChI=1S/C21H24F2N2O3/c1-27-19-6-4-17(22)13-16(19)14-24-7-9-25(10-8-24)21(26)12-15-3-5-20(28-2)18(23)11-15/h3-6,11,13H,7-10,12,14H2,1-2H3. The molecular formula is C21H24F2N2O3. The molecule has 1 saturated heterocycles. The highest BCUT2D eigenvalue weighted by molar-refractivity contribution is 5.79. The number of benzene rings is 2. The molecule has 0 unspecified atom stereocenters. The normalized spacial score (nSPS) is 14.8. The molecule has 1 aliphatic heterocycles. The van der Waals surface area contributed by atoms with Gasteiger partial charge in [0.2, 0.25) is 5.91 Å². The maximum atomic E-state index is 13.8. The first-order valence-electron chi connectivity index (χ1n) is 9.15. The van der Waals surface area contributed by atoms with Gasteiger partial charge in [0, 0.05) is 38.3 Å². The number of rotatable bonds is 6. The van der Waals surface area contributed by atoms with Gasteiger partial charge in [0.1, 0.15) is 11.6 Å². The first kappa shape index (κ1) is 20.1. The molecule has 0 spiro atoms. The van der Waals surface area contributed by atoms with Gasteiger partial charge in [0.15, 0.2) is 11.6 Å². The Labute approximate surface area is 163 Å². The molecule has 1 heterocycles. The van der Waals surface area contributed by atoms with Crippen molar-refractivity contribution < 1.29 is 23.0 Å². The van der Waals surface area contributed by atoms with E-state index in [2.05, 4.69) is 4.90 Å². The summed E-state index contributed by atoms with van der Waals surface area (Å²) in [6.45, 7) is 3.08. The van der Waals surface area contributed by atoms with Crippen molar-refractivity contribution >= 4 is 5.91 Å². The molecule has 0 saturated carbocycles. The lowest BCUT2D eigenvalue weighted by Crippen LogP contribution is -2.48. The lowest BCUT2D eigenvalue weighted by molar-refractivity contribution is -0.132. The monoisotopic (exact) mass is 390 g/mol. The van der Waals surface area contributed by atoms with Crippen molar-refractivity contribution in [2.45, 2.75) is 13.0 Å². The van der Waals surface area contributed by atoms with Gasteiger partial charge in [-0.15, -0.1) is 0 Å². The van der Waals surface area contributed by atoms with Crippen LogP contribution in [0.5, 0.6) is 11.5 Å². The van der Waals surface area contributed by atoms with Gasteiger partial charge >= 0.3 is 0 Å². The zero-order chi connectivity index (χ0) is 20.1. The van der Waals surface area contributed by atoms with E-state index in [0.717, 1.165) is 5.56 Å². The van der Waals surface area contributed by atoms with E-state index in [-0.39, 0.29) is 23.9 Å². The molecule has 2 aromatic rings. The smallest absolute Gasteiger partial charge is 0.227 e. The summed E-state index contributed by atoms with van der Waals surface area (Å²) in [5.74, 6) is 0.0181. The van der Waals surface area contributed by atoms with Crippen molar-refractivity contribution in [3.8, 4) is 11.5 Å². The highest BCUT2D eigenvalue weighted by Gasteiger charge is 2.22. The van der Waals surface area contributed by atoms with E-state index in [0.29, 0.717) is 44.0 Å². The van der Waals surface area contributed by atoms with Crippen LogP contribution in [0.25, 0.3) is 0 Å². The Kier molecular flexibility index (Phi) is 6.46. The number of halogens is 2. The molecule has 3 rings (SSSR count). The van der Waals surface area contributed by atoms with Crippen molar-refractivity contribution in [2.24, 2.45) is 0 Å². The summed E-state index contributed by atoms with van der Waals surface area (Å²) >= 11 is 0. The number of amides is 1. The zero-order valence-corrected chi connectivity index (χ0v) is 16.1. The zero-order valence-electron chi connectivity index (χ0n) is 16.1. The number of carbonyl (C=O) groups excluding carboxylic acids is 1. The molecule has 5 nitrogen and oxygen atoms in total. The first-order chi connectivity index (χ1) is 13.5. The maximum Gasteiger partial charge on any atom is 0.227 e. The van der Waals surface area contributed by atoms with E-state index >= 15 is 0 Å². The van der Waals surface area contributed by atoms with Crippen LogP contribution in [0.15, 0.2) is 36.4 Å². The molecule has 7 heteroatoms. The largest absolute Gasteiger partial charge is 0.496 e. The van der Waals surface area contributed by atoms with Gasteiger partial charge in [-0.3, -0.25) is 9.69 Å². The minimum Gasteiger partial charge on any atom is -0.496 e. The van der Waals surface area contributed by atoms with Gasteiger partial charge in [-0.05, 0) is 35.9 Å². The van der Waals surface area contributed by atoms with Gasteiger partial charge in [0.05, 0.1) is 20.6 Å². The summed E-state index contributed by atoms with van der Waals surface area (Å²) in [5, 5.41) is 0. The SMILES string of the molecule is COc1ccc(CC(=O)N2CCN(Cc3cc(F)ccc3OC)CC2)cc1F. The van der Waals surface area contributed by atoms with Crippen molar-refractivity contribution in [3.05, 3.63) is 59.2 Å². The minimum absolute atomic E-state index is 0.0347. The number of carbonyl (C=O) groups is 1. The molecule has 150 valence electrons. The molecule has 1 fully saturated rings. The molecule has 1 amide bonds. The van der Waals surface area contributed by atoms with Crippen LogP contribution < -0.4 is 9.47 Å². The van der Waals surface area contributed by atoms with E-state index in [1.807, 2.05) is 0 Å². The van der Waals surface area contributed by atoms with Gasteiger partial charge in [-0.2, -0.15) is 0 Å². The van der Waals surface area contributed by atoms with Crippen molar-refractivity contribution in [3.63, 3.8) is 0 Å². The van der Waals surface area contributed by atoms with Crippen molar-refractivity contribution in [2.75, 3.05) is 40.4 Å². The number of nitrogens with zero attached hydrogens (tertiary/aromatic N) is 2. The molecule has 0 bridgehead atoms. The van der Waals surface area contributed by atoms with Crippen LogP contribution in [0.4, 0.5) is 8.78 Å². The van der Waals surface area contributed by atoms with Crippen LogP contribution in [-0.2, 0) is 17.8 Å². The third-order valence-corrected chi connectivity index (χ3v) is 4.93. The Hall–Kier alpha value is -2.67. The van der Waals surface area contributed by atoms with E-state index in [1.54, 1.807) is 24.1 Å². The average molecular weight is 390 g/mol. The maximum absolute atomic E-state index is 13.8. The summed E-state index contributed by atoms with van der Waals surface area (Å²) in [6.07, 6.45) is 0.151. The van der Waals surface area contributed by atoms with Crippen LogP contribution in [0.1, 0.15) is 11.1 Å². The average Bonchev–Trinajstić information content (AvgIpc) is 2.69. The highest BCUT2D eigenvalue weighted by atomic mass is 19.1. The molecule has 1 aliphatic rings. The number of hydrogen-bond acceptors (Lipinski definition) is 4. The topological polar surface area (TPSA) is 42.0 Å². The number of methoxy groups -OCH3 is 2. The lowest BCUT2D eigenvalue weighted by Gasteiger charge is -2.35. The third kappa shape index (κ3) is 4.78. The second-order valence-electron chi connectivity index (χ2n) is 6.76. The third-order valence-electron chi connectivity index (χ3n) is 4.93. The molecule has 0 atom stereocenters. The van der Waals surface area contributed by atoms with E-state index < -0.39 is 5.82 Å². The Bertz CT molecular complexity index is 836. The number of ether oxygens (including phenoxy) is 2. The molecule has 0 aliphatic carbocycles. The Morgan fingerprint density at radius 2 is 1.64 bits per heavy atom. The summed E-state index contributed by atoms with van der Waals surface area (Å²) in [5.41, 5.74) is 1.41. The molecule has 0 aromatic heterocycles. The number of piperazine rings is 1. The predicted octanol–water partition coefficient (Wildman–Crippen LogP) is 2.87. The van der Waals surface area contributed by atoms with Crippen LogP contribution >= 0.6 is 0 Å². The van der Waals surface area contributed by atoms with Gasteiger partial charge < -0.3 is 14.4 Å². The van der Waals surface area contributed by atoms with E-state index in [1.165, 1.54) is 31.4 Å². The van der Waals surface area contributed by atoms with Crippen LogP contribution in [0.2, 0.25) is 0 Å². The molecule has 0 radical (unpaired) electrons. The van der Waals surface area contributed by atoms with Crippen LogP contribution in [-0.4, -0.2) is 56.1 Å². The second kappa shape index (κ2) is 9.01. The van der Waals surface area contributed by atoms with E-state index in [9.17, 15) is 13.6 Å². The quantitative estimate of drug-likeness (QED) is 0.761. The minimum atomic E-state index is -0.471. The van der Waals surface area contributed by atoms with Crippen LogP contribution in [0.3, 0.4) is 0 Å². The highest BCUT2D eigenvalue weighted by Crippen LogP contribution is 2.22. The fourth-order valence-electron chi connectivity index (χ4n) is 3.37. The number of hydrogen-bond donors (Lipinski definition) is 0. The van der Waals surface area contributed by atoms with E-state index in [4.69, 9.17) is 9.47 Å². The van der Waals surface area contributed by atoms with Crippen molar-refractivity contribution in [1.82, 2.24) is 9.80 Å². The Balaban J connectivity index is 1.54. The summed E-state index contributed by atoms with van der Waals surface area (Å²) in [6, 6.07) is 9.05. The lowest BCUT2D eigenvalue weighted by atomic mass is 10.1. The fraction of sp³-hybridized carbons (Fsp3) is 0.381. The molecule has 28 heavy (non-hydrogen) atoms. The van der Waals surface area contributed by atoms with Gasteiger partial charge in [-0.25, -0.2) is 8.78 Å². The fourth-order valence-corrected chi connectivity index (χ4v) is 3.37. The molecule has 2 aromatic carbocycles. The molecule has 0 N–H and O–H groups in total. The summed E-state index contributed by atoms with van der Waals surface area (Å²) < 4.78 is 37.5. The Morgan fingerprint density at radius 1 is 0.964 bits per heavy atom.